The Labute approximate surface area is 175 Å². The summed E-state index contributed by atoms with van der Waals surface area (Å²) in [4.78, 5) is 13.0. The van der Waals surface area contributed by atoms with Gasteiger partial charge in [0, 0.05) is 18.2 Å². The lowest BCUT2D eigenvalue weighted by molar-refractivity contribution is -0.160. The average molecular weight is 431 g/mol. The van der Waals surface area contributed by atoms with Gasteiger partial charge in [0.05, 0.1) is 25.1 Å². The molecule has 5 rings (SSSR count). The van der Waals surface area contributed by atoms with Crippen molar-refractivity contribution in [2.75, 3.05) is 25.2 Å². The maximum Gasteiger partial charge on any atom is 0.208 e. The third-order valence-corrected chi connectivity index (χ3v) is 8.47. The van der Waals surface area contributed by atoms with Crippen LogP contribution >= 0.6 is 7.37 Å². The van der Waals surface area contributed by atoms with Crippen molar-refractivity contribution in [3.63, 3.8) is 0 Å². The van der Waals surface area contributed by atoms with Crippen LogP contribution in [0.2, 0.25) is 0 Å². The number of anilines is 1. The van der Waals surface area contributed by atoms with Crippen molar-refractivity contribution in [3.05, 3.63) is 12.2 Å². The number of imidazole rings is 1. The highest BCUT2D eigenvalue weighted by molar-refractivity contribution is 7.58. The van der Waals surface area contributed by atoms with Gasteiger partial charge in [-0.2, -0.15) is 0 Å². The number of ether oxygens (including phenoxy) is 2. The molecule has 3 aliphatic rings. The number of aromatic nitrogens is 4. The van der Waals surface area contributed by atoms with E-state index in [4.69, 9.17) is 26.2 Å². The predicted octanol–water partition coefficient (Wildman–Crippen LogP) is 2.42. The molecule has 3 heterocycles. The number of nitrogen functional groups attached to an aromatic ring is 1. The molecule has 6 atom stereocenters. The van der Waals surface area contributed by atoms with E-state index >= 15 is 0 Å². The summed E-state index contributed by atoms with van der Waals surface area (Å²) < 4.78 is 33.3. The lowest BCUT2D eigenvalue weighted by atomic mass is 10.0. The van der Waals surface area contributed by atoms with Crippen LogP contribution in [0.15, 0.2) is 6.33 Å². The predicted molar refractivity (Wildman–Crippen MR) is 111 cm³/mol. The second-order valence-electron chi connectivity index (χ2n) is 9.05. The van der Waals surface area contributed by atoms with Crippen molar-refractivity contribution < 1.29 is 18.6 Å². The third kappa shape index (κ3) is 2.82. The minimum absolute atomic E-state index is 0.0803. The van der Waals surface area contributed by atoms with Crippen LogP contribution in [0.1, 0.15) is 39.1 Å². The summed E-state index contributed by atoms with van der Waals surface area (Å²) in [7, 11) is -2.76. The second-order valence-corrected chi connectivity index (χ2v) is 11.6. The third-order valence-electron chi connectivity index (χ3n) is 6.51. The first-order valence-corrected chi connectivity index (χ1v) is 12.4. The summed E-state index contributed by atoms with van der Waals surface area (Å²) >= 11 is 0. The zero-order valence-electron chi connectivity index (χ0n) is 17.5. The van der Waals surface area contributed by atoms with Crippen molar-refractivity contribution in [2.24, 2.45) is 11.3 Å². The molecule has 160 valence electrons. The van der Waals surface area contributed by atoms with E-state index in [1.54, 1.807) is 13.0 Å². The highest BCUT2D eigenvalue weighted by atomic mass is 31.2. The highest BCUT2D eigenvalue weighted by Crippen LogP contribution is 2.75. The summed E-state index contributed by atoms with van der Waals surface area (Å²) in [6.45, 7) is 7.81. The molecule has 1 aliphatic heterocycles. The molecule has 0 amide bonds. The minimum Gasteiger partial charge on any atom is -0.382 e. The molecule has 0 spiro atoms. The molecule has 2 aromatic heterocycles. The van der Waals surface area contributed by atoms with Crippen LogP contribution in [0.5, 0.6) is 0 Å². The fourth-order valence-corrected chi connectivity index (χ4v) is 7.80. The number of hydrogen-bond donors (Lipinski definition) is 1. The molecule has 30 heavy (non-hydrogen) atoms. The van der Waals surface area contributed by atoms with Gasteiger partial charge in [-0.1, -0.05) is 0 Å². The van der Waals surface area contributed by atoms with Gasteiger partial charge in [0.1, 0.15) is 11.6 Å². The van der Waals surface area contributed by atoms with Gasteiger partial charge in [-0.05, 0) is 39.0 Å². The standard InChI is InChI=1S/C20H26N5O4P/c1-6-12-23-17(21)13-18(24-12)25(10-22-13)14-11-8-20(11,9-30(5,26)27-7-2)16-15(14)28-19(3,4)29-16/h1,10-11,14-16H,7-9H2,2-5H3,(H2,21,23,24)/t11-,14-,15+,16+,20+,30?/m1/s1. The smallest absolute Gasteiger partial charge is 0.208 e. The van der Waals surface area contributed by atoms with Gasteiger partial charge in [0.15, 0.2) is 17.3 Å². The van der Waals surface area contributed by atoms with Crippen molar-refractivity contribution in [2.45, 2.75) is 51.2 Å². The first kappa shape index (κ1) is 20.0. The van der Waals surface area contributed by atoms with Crippen LogP contribution < -0.4 is 5.73 Å². The van der Waals surface area contributed by atoms with E-state index in [1.807, 2.05) is 25.3 Å². The quantitative estimate of drug-likeness (QED) is 0.567. The Morgan fingerprint density at radius 1 is 1.43 bits per heavy atom. The summed E-state index contributed by atoms with van der Waals surface area (Å²) in [6, 6.07) is -0.0803. The number of terminal acetylenes is 1. The zero-order valence-corrected chi connectivity index (χ0v) is 18.4. The molecule has 2 saturated carbocycles. The lowest BCUT2D eigenvalue weighted by Gasteiger charge is -2.25. The normalized spacial score (nSPS) is 35.6. The van der Waals surface area contributed by atoms with E-state index in [2.05, 4.69) is 20.9 Å². The van der Waals surface area contributed by atoms with E-state index < -0.39 is 13.2 Å². The molecular formula is C20H26N5O4P. The summed E-state index contributed by atoms with van der Waals surface area (Å²) in [5.41, 5.74) is 6.89. The molecular weight excluding hydrogens is 405 g/mol. The van der Waals surface area contributed by atoms with Crippen LogP contribution in [0.3, 0.4) is 0 Å². The average Bonchev–Trinajstić information content (AvgIpc) is 2.93. The number of nitrogens with zero attached hydrogens (tertiary/aromatic N) is 4. The molecule has 2 aromatic rings. The second kappa shape index (κ2) is 6.27. The molecule has 0 radical (unpaired) electrons. The largest absolute Gasteiger partial charge is 0.382 e. The SMILES string of the molecule is C#Cc1nc(N)c2ncn([C@H]3[C@@H]4OC(C)(C)O[C@@H]4[C@]4(CP(C)(=O)OCC)C[C@H]34)c2n1. The highest BCUT2D eigenvalue weighted by Gasteiger charge is 2.76. The lowest BCUT2D eigenvalue weighted by Crippen LogP contribution is -2.33. The molecule has 1 saturated heterocycles. The molecule has 0 bridgehead atoms. The van der Waals surface area contributed by atoms with Gasteiger partial charge in [0.2, 0.25) is 13.2 Å². The fraction of sp³-hybridized carbons (Fsp3) is 0.650. The van der Waals surface area contributed by atoms with Crippen molar-refractivity contribution >= 4 is 24.4 Å². The van der Waals surface area contributed by atoms with Gasteiger partial charge < -0.3 is 24.3 Å². The summed E-state index contributed by atoms with van der Waals surface area (Å²) in [5.74, 6) is 2.40. The van der Waals surface area contributed by atoms with Crippen LogP contribution in [-0.4, -0.2) is 56.9 Å². The van der Waals surface area contributed by atoms with Crippen molar-refractivity contribution in [1.82, 2.24) is 19.5 Å². The molecule has 2 N–H and O–H groups in total. The molecule has 9 nitrogen and oxygen atoms in total. The van der Waals surface area contributed by atoms with Crippen molar-refractivity contribution in [3.8, 4) is 12.3 Å². The summed E-state index contributed by atoms with van der Waals surface area (Å²) in [6.07, 6.45) is 8.17. The minimum atomic E-state index is -2.76. The molecule has 1 unspecified atom stereocenters. The molecule has 10 heteroatoms. The Balaban J connectivity index is 1.59. The van der Waals surface area contributed by atoms with Crippen LogP contribution in [0, 0.1) is 23.7 Å². The Kier molecular flexibility index (Phi) is 4.17. The van der Waals surface area contributed by atoms with Gasteiger partial charge in [-0.25, -0.2) is 15.0 Å². The number of hydrogen-bond acceptors (Lipinski definition) is 8. The monoisotopic (exact) mass is 431 g/mol. The summed E-state index contributed by atoms with van der Waals surface area (Å²) in [5, 5.41) is 0. The number of nitrogens with two attached hydrogens (primary N) is 1. The Morgan fingerprint density at radius 3 is 2.90 bits per heavy atom. The van der Waals surface area contributed by atoms with Gasteiger partial charge >= 0.3 is 0 Å². The van der Waals surface area contributed by atoms with Gasteiger partial charge in [0.25, 0.3) is 0 Å². The zero-order chi connectivity index (χ0) is 21.5. The first-order chi connectivity index (χ1) is 14.1. The van der Waals surface area contributed by atoms with E-state index in [9.17, 15) is 4.57 Å². The van der Waals surface area contributed by atoms with Crippen molar-refractivity contribution in [1.29, 1.82) is 0 Å². The molecule has 0 aromatic carbocycles. The topological polar surface area (TPSA) is 114 Å². The maximum atomic E-state index is 13.1. The Hall–Kier alpha value is -1.98. The van der Waals surface area contributed by atoms with E-state index in [0.717, 1.165) is 6.42 Å². The van der Waals surface area contributed by atoms with Gasteiger partial charge in [-0.15, -0.1) is 6.42 Å². The maximum absolute atomic E-state index is 13.1. The van der Waals surface area contributed by atoms with Crippen LogP contribution in [-0.2, 0) is 18.6 Å². The Morgan fingerprint density at radius 2 is 2.20 bits per heavy atom. The Bertz CT molecular complexity index is 1120. The number of fused-ring (bicyclic) bond motifs is 4. The van der Waals surface area contributed by atoms with E-state index in [-0.39, 0.29) is 41.2 Å². The van der Waals surface area contributed by atoms with E-state index in [0.29, 0.717) is 23.9 Å². The molecule has 3 fully saturated rings. The number of rotatable bonds is 5. The van der Waals surface area contributed by atoms with E-state index in [1.165, 1.54) is 0 Å². The first-order valence-electron chi connectivity index (χ1n) is 10.1. The molecule has 2 aliphatic carbocycles. The van der Waals surface area contributed by atoms with Gasteiger partial charge in [-0.3, -0.25) is 4.57 Å². The van der Waals surface area contributed by atoms with Crippen LogP contribution in [0.25, 0.3) is 11.2 Å². The fourth-order valence-electron chi connectivity index (χ4n) is 5.55. The van der Waals surface area contributed by atoms with Crippen LogP contribution in [0.4, 0.5) is 5.82 Å².